The van der Waals surface area contributed by atoms with Crippen molar-refractivity contribution < 1.29 is 9.18 Å². The van der Waals surface area contributed by atoms with Gasteiger partial charge >= 0.3 is 0 Å². The molecule has 2 rings (SSSR count). The van der Waals surface area contributed by atoms with Gasteiger partial charge in [-0.25, -0.2) is 4.39 Å². The van der Waals surface area contributed by atoms with Gasteiger partial charge in [-0.2, -0.15) is 0 Å². The average molecular weight is 317 g/mol. The third kappa shape index (κ3) is 4.60. The number of halogens is 1. The molecule has 116 valence electrons. The summed E-state index contributed by atoms with van der Waals surface area (Å²) < 4.78 is 12.8. The molecular weight excluding hydrogens is 297 g/mol. The van der Waals surface area contributed by atoms with Gasteiger partial charge in [-0.15, -0.1) is 11.8 Å². The van der Waals surface area contributed by atoms with Gasteiger partial charge in [-0.3, -0.25) is 4.79 Å². The molecule has 1 amide bonds. The molecule has 2 aromatic rings. The molecule has 0 heterocycles. The van der Waals surface area contributed by atoms with Gasteiger partial charge in [0.2, 0.25) is 0 Å². The first-order valence-corrected chi connectivity index (χ1v) is 8.29. The number of rotatable bonds is 6. The van der Waals surface area contributed by atoms with Crippen LogP contribution in [0.2, 0.25) is 0 Å². The van der Waals surface area contributed by atoms with Gasteiger partial charge in [0.05, 0.1) is 0 Å². The van der Waals surface area contributed by atoms with Crippen molar-refractivity contribution >= 4 is 17.7 Å². The van der Waals surface area contributed by atoms with Crippen LogP contribution in [-0.4, -0.2) is 18.2 Å². The van der Waals surface area contributed by atoms with Crippen LogP contribution in [0.15, 0.2) is 47.4 Å². The van der Waals surface area contributed by atoms with E-state index in [2.05, 4.69) is 5.32 Å². The predicted molar refractivity (Wildman–Crippen MR) is 90.0 cm³/mol. The third-order valence-electron chi connectivity index (χ3n) is 3.54. The highest BCUT2D eigenvalue weighted by Crippen LogP contribution is 2.18. The highest BCUT2D eigenvalue weighted by molar-refractivity contribution is 7.99. The fourth-order valence-electron chi connectivity index (χ4n) is 2.09. The second kappa shape index (κ2) is 7.99. The molecule has 0 aromatic heterocycles. The molecule has 0 aliphatic heterocycles. The highest BCUT2D eigenvalue weighted by Gasteiger charge is 2.09. The average Bonchev–Trinajstić information content (AvgIpc) is 2.51. The molecule has 0 radical (unpaired) electrons. The maximum absolute atomic E-state index is 12.8. The van der Waals surface area contributed by atoms with E-state index in [-0.39, 0.29) is 11.7 Å². The van der Waals surface area contributed by atoms with Crippen LogP contribution in [0.1, 0.15) is 27.9 Å². The molecule has 0 aliphatic rings. The Bertz CT molecular complexity index is 640. The lowest BCUT2D eigenvalue weighted by Crippen LogP contribution is -2.25. The molecule has 0 saturated carbocycles. The van der Waals surface area contributed by atoms with Crippen LogP contribution >= 0.6 is 11.8 Å². The normalized spacial score (nSPS) is 10.5. The number of carbonyl (C=O) groups excluding carboxylic acids is 1. The van der Waals surface area contributed by atoms with E-state index in [1.54, 1.807) is 23.9 Å². The molecule has 2 aromatic carbocycles. The standard InChI is InChI=1S/C18H20FNOS/c1-13-5-3-6-17(14(13)2)18(21)20-11-4-12-22-16-9-7-15(19)8-10-16/h3,5-10H,4,11-12H2,1-2H3,(H,20,21). The van der Waals surface area contributed by atoms with Crippen LogP contribution in [0.25, 0.3) is 0 Å². The van der Waals surface area contributed by atoms with Crippen molar-refractivity contribution in [1.82, 2.24) is 5.32 Å². The van der Waals surface area contributed by atoms with E-state index in [1.165, 1.54) is 12.1 Å². The zero-order valence-electron chi connectivity index (χ0n) is 12.9. The maximum atomic E-state index is 12.8. The van der Waals surface area contributed by atoms with Crippen LogP contribution < -0.4 is 5.32 Å². The Morgan fingerprint density at radius 3 is 2.59 bits per heavy atom. The quantitative estimate of drug-likeness (QED) is 0.634. The molecule has 4 heteroatoms. The summed E-state index contributed by atoms with van der Waals surface area (Å²) in [6.07, 6.45) is 0.874. The van der Waals surface area contributed by atoms with Crippen molar-refractivity contribution in [3.63, 3.8) is 0 Å². The molecule has 0 saturated heterocycles. The van der Waals surface area contributed by atoms with E-state index in [0.717, 1.165) is 33.8 Å². The van der Waals surface area contributed by atoms with Crippen molar-refractivity contribution in [3.8, 4) is 0 Å². The molecule has 0 atom stereocenters. The number of hydrogen-bond donors (Lipinski definition) is 1. The van der Waals surface area contributed by atoms with Gasteiger partial charge in [0.15, 0.2) is 0 Å². The summed E-state index contributed by atoms with van der Waals surface area (Å²) in [7, 11) is 0. The molecule has 0 unspecified atom stereocenters. The lowest BCUT2D eigenvalue weighted by Gasteiger charge is -2.09. The van der Waals surface area contributed by atoms with E-state index in [9.17, 15) is 9.18 Å². The molecule has 0 spiro atoms. The Morgan fingerprint density at radius 1 is 1.14 bits per heavy atom. The molecule has 22 heavy (non-hydrogen) atoms. The Balaban J connectivity index is 1.73. The summed E-state index contributed by atoms with van der Waals surface area (Å²) in [4.78, 5) is 13.2. The van der Waals surface area contributed by atoms with E-state index in [4.69, 9.17) is 0 Å². The molecule has 0 fully saturated rings. The lowest BCUT2D eigenvalue weighted by molar-refractivity contribution is 0.0953. The summed E-state index contributed by atoms with van der Waals surface area (Å²) in [5.74, 6) is 0.650. The van der Waals surface area contributed by atoms with Gasteiger partial charge in [-0.05, 0) is 67.5 Å². The Hall–Kier alpha value is -1.81. The molecule has 0 aliphatic carbocycles. The molecule has 0 bridgehead atoms. The van der Waals surface area contributed by atoms with Crippen LogP contribution in [-0.2, 0) is 0 Å². The topological polar surface area (TPSA) is 29.1 Å². The molecule has 1 N–H and O–H groups in total. The van der Waals surface area contributed by atoms with Crippen molar-refractivity contribution in [2.45, 2.75) is 25.2 Å². The fourth-order valence-corrected chi connectivity index (χ4v) is 2.94. The fraction of sp³-hybridized carbons (Fsp3) is 0.278. The first-order chi connectivity index (χ1) is 10.6. The summed E-state index contributed by atoms with van der Waals surface area (Å²) >= 11 is 1.66. The SMILES string of the molecule is Cc1cccc(C(=O)NCCCSc2ccc(F)cc2)c1C. The zero-order chi connectivity index (χ0) is 15.9. The van der Waals surface area contributed by atoms with Gasteiger partial charge in [0, 0.05) is 17.0 Å². The van der Waals surface area contributed by atoms with E-state index in [1.807, 2.05) is 32.0 Å². The summed E-state index contributed by atoms with van der Waals surface area (Å²) in [5.41, 5.74) is 2.89. The largest absolute Gasteiger partial charge is 0.352 e. The number of nitrogens with one attached hydrogen (secondary N) is 1. The van der Waals surface area contributed by atoms with Crippen LogP contribution in [0, 0.1) is 19.7 Å². The molecule has 2 nitrogen and oxygen atoms in total. The van der Waals surface area contributed by atoms with Crippen molar-refractivity contribution in [1.29, 1.82) is 0 Å². The molecular formula is C18H20FNOS. The Labute approximate surface area is 135 Å². The second-order valence-electron chi connectivity index (χ2n) is 5.16. The second-order valence-corrected chi connectivity index (χ2v) is 6.33. The number of aryl methyl sites for hydroxylation is 1. The first kappa shape index (κ1) is 16.6. The maximum Gasteiger partial charge on any atom is 0.251 e. The van der Waals surface area contributed by atoms with Crippen molar-refractivity contribution in [3.05, 3.63) is 65.0 Å². The van der Waals surface area contributed by atoms with E-state index in [0.29, 0.717) is 6.54 Å². The highest BCUT2D eigenvalue weighted by atomic mass is 32.2. The van der Waals surface area contributed by atoms with Crippen molar-refractivity contribution in [2.24, 2.45) is 0 Å². The minimum atomic E-state index is -0.217. The van der Waals surface area contributed by atoms with Gasteiger partial charge in [0.25, 0.3) is 5.91 Å². The zero-order valence-corrected chi connectivity index (χ0v) is 13.7. The summed E-state index contributed by atoms with van der Waals surface area (Å²) in [6, 6.07) is 12.2. The lowest BCUT2D eigenvalue weighted by atomic mass is 10.0. The van der Waals surface area contributed by atoms with Gasteiger partial charge in [-0.1, -0.05) is 12.1 Å². The van der Waals surface area contributed by atoms with Crippen LogP contribution in [0.5, 0.6) is 0 Å². The minimum absolute atomic E-state index is 0.0204. The summed E-state index contributed by atoms with van der Waals surface area (Å²) in [5, 5.41) is 2.95. The third-order valence-corrected chi connectivity index (χ3v) is 4.64. The van der Waals surface area contributed by atoms with Crippen LogP contribution in [0.4, 0.5) is 4.39 Å². The minimum Gasteiger partial charge on any atom is -0.352 e. The number of hydrogen-bond acceptors (Lipinski definition) is 2. The number of carbonyl (C=O) groups is 1. The number of benzene rings is 2. The van der Waals surface area contributed by atoms with Crippen molar-refractivity contribution in [2.75, 3.05) is 12.3 Å². The Morgan fingerprint density at radius 2 is 1.86 bits per heavy atom. The van der Waals surface area contributed by atoms with Crippen LogP contribution in [0.3, 0.4) is 0 Å². The number of amides is 1. The monoisotopic (exact) mass is 317 g/mol. The smallest absolute Gasteiger partial charge is 0.251 e. The van der Waals surface area contributed by atoms with E-state index < -0.39 is 0 Å². The van der Waals surface area contributed by atoms with E-state index >= 15 is 0 Å². The van der Waals surface area contributed by atoms with Gasteiger partial charge in [0.1, 0.15) is 5.82 Å². The first-order valence-electron chi connectivity index (χ1n) is 7.30. The predicted octanol–water partition coefficient (Wildman–Crippen LogP) is 4.35. The number of thioether (sulfide) groups is 1. The Kier molecular flexibility index (Phi) is 6.01. The van der Waals surface area contributed by atoms with Gasteiger partial charge < -0.3 is 5.32 Å². The summed E-state index contributed by atoms with van der Waals surface area (Å²) in [6.45, 7) is 4.61.